The van der Waals surface area contributed by atoms with Gasteiger partial charge in [0.25, 0.3) is 11.8 Å². The molecule has 61 heavy (non-hydrogen) atoms. The van der Waals surface area contributed by atoms with Crippen LogP contribution in [0.25, 0.3) is 0 Å². The molecule has 10 N–H and O–H groups in total. The molecule has 0 saturated carbocycles. The zero-order valence-corrected chi connectivity index (χ0v) is 36.9. The number of amides is 7. The molecule has 0 fully saturated rings. The Kier molecular flexibility index (Phi) is 20.7. The van der Waals surface area contributed by atoms with Crippen LogP contribution >= 0.6 is 0 Å². The summed E-state index contributed by atoms with van der Waals surface area (Å²) in [6.45, 7) is 16.7. The highest BCUT2D eigenvalue weighted by molar-refractivity contribution is 6.37. The smallest absolute Gasteiger partial charge is 0.305 e. The lowest BCUT2D eigenvalue weighted by molar-refractivity contribution is -0.142. The summed E-state index contributed by atoms with van der Waals surface area (Å²) < 4.78 is 0. The molecule has 340 valence electrons. The van der Waals surface area contributed by atoms with Crippen LogP contribution < -0.4 is 37.6 Å². The number of benzene rings is 1. The Balaban J connectivity index is 3.61. The molecule has 0 heterocycles. The quantitative estimate of drug-likeness (QED) is 0.0625. The normalized spacial score (nSPS) is 14.8. The Labute approximate surface area is 356 Å². The van der Waals surface area contributed by atoms with Gasteiger partial charge in [0.15, 0.2) is 0 Å². The highest BCUT2D eigenvalue weighted by atomic mass is 16.4. The van der Waals surface area contributed by atoms with E-state index in [1.165, 1.54) is 6.92 Å². The molecule has 0 aliphatic carbocycles. The van der Waals surface area contributed by atoms with Crippen LogP contribution in [0.1, 0.15) is 118 Å². The summed E-state index contributed by atoms with van der Waals surface area (Å²) in [6, 6.07) is -0.227. The van der Waals surface area contributed by atoms with Crippen molar-refractivity contribution >= 4 is 59.1 Å². The number of aliphatic carboxylic acids is 2. The van der Waals surface area contributed by atoms with Crippen molar-refractivity contribution < 1.29 is 58.2 Å². The Bertz CT molecular complexity index is 1790. The van der Waals surface area contributed by atoms with E-state index >= 15 is 0 Å². The topological polar surface area (TPSA) is 309 Å². The maximum atomic E-state index is 14.7. The minimum absolute atomic E-state index is 0.117. The van der Waals surface area contributed by atoms with Gasteiger partial charge in [-0.05, 0) is 55.1 Å². The number of unbranched alkanes of at least 4 members (excludes halogenated alkanes) is 1. The van der Waals surface area contributed by atoms with Crippen LogP contribution in [0.4, 0.5) is 0 Å². The molecule has 0 bridgehead atoms. The van der Waals surface area contributed by atoms with Gasteiger partial charge in [0.05, 0.1) is 18.9 Å². The highest BCUT2D eigenvalue weighted by Crippen LogP contribution is 2.28. The molecule has 19 nitrogen and oxygen atoms in total. The largest absolute Gasteiger partial charge is 0.481 e. The van der Waals surface area contributed by atoms with Crippen molar-refractivity contribution in [3.63, 3.8) is 0 Å². The van der Waals surface area contributed by atoms with Crippen LogP contribution in [0.3, 0.4) is 0 Å². The SMILES string of the molecule is CCCCC(NC(=O)[C@H](CC(C)C)NC(=O)[C@@H](NC(=O)C(C)(NC(=O)[C@H](NC(=O)[C@H](CC(=O)O)NC(=O)CCC(=O)O)C(C)C)c1ccccc1C)C(C)(C)C)C(=O)C(N)=O. The van der Waals surface area contributed by atoms with Crippen LogP contribution in [-0.4, -0.2) is 99.5 Å². The van der Waals surface area contributed by atoms with Crippen molar-refractivity contribution in [1.82, 2.24) is 31.9 Å². The highest BCUT2D eigenvalue weighted by Gasteiger charge is 2.44. The molecule has 2 unspecified atom stereocenters. The zero-order chi connectivity index (χ0) is 47.0. The van der Waals surface area contributed by atoms with E-state index in [2.05, 4.69) is 31.9 Å². The number of carbonyl (C=O) groups is 10. The molecule has 1 aromatic rings. The molecule has 0 radical (unpaired) electrons. The minimum atomic E-state index is -1.94. The number of Topliss-reactive ketones (excluding diaryl/α,β-unsaturated/α-hetero) is 1. The van der Waals surface area contributed by atoms with Gasteiger partial charge in [-0.3, -0.25) is 47.9 Å². The second-order valence-corrected chi connectivity index (χ2v) is 17.2. The van der Waals surface area contributed by atoms with Gasteiger partial charge in [0.1, 0.15) is 29.7 Å². The lowest BCUT2D eigenvalue weighted by Crippen LogP contribution is -2.65. The van der Waals surface area contributed by atoms with Crippen molar-refractivity contribution in [3.8, 4) is 0 Å². The molecule has 0 aliphatic heterocycles. The fourth-order valence-corrected chi connectivity index (χ4v) is 6.39. The summed E-state index contributed by atoms with van der Waals surface area (Å²) in [4.78, 5) is 129. The summed E-state index contributed by atoms with van der Waals surface area (Å²) in [5, 5.41) is 33.8. The monoisotopic (exact) mass is 859 g/mol. The Morgan fingerprint density at radius 1 is 0.705 bits per heavy atom. The molecule has 19 heteroatoms. The molecular formula is C42H65N7O12. The van der Waals surface area contributed by atoms with E-state index in [9.17, 15) is 53.1 Å². The second kappa shape index (κ2) is 23.8. The molecule has 1 rings (SSSR count). The number of carboxylic acid groups (broad SMARTS) is 2. The van der Waals surface area contributed by atoms with Crippen LogP contribution in [0.5, 0.6) is 0 Å². The fourth-order valence-electron chi connectivity index (χ4n) is 6.39. The molecule has 0 aromatic heterocycles. The van der Waals surface area contributed by atoms with Gasteiger partial charge in [-0.15, -0.1) is 0 Å². The standard InChI is InChI=1S/C42H65N7O12/c1-11-12-17-26(33(55)35(43)56)45-36(57)27(20-22(2)3)46-39(60)34(41(7,8)9)48-40(61)42(10,25-16-14-13-15-24(25)6)49-38(59)32(23(4)5)47-37(58)28(21-31(53)54)44-29(50)18-19-30(51)52/h13-16,22-23,26-28,32,34H,11-12,17-21H2,1-10H3,(H2,43,56)(H,44,50)(H,45,57)(H,46,60)(H,47,58)(H,48,61)(H,49,59)(H,51,52)(H,53,54)/t26?,27-,28-,32+,34+,42?/m0/s1. The Morgan fingerprint density at radius 2 is 1.28 bits per heavy atom. The van der Waals surface area contributed by atoms with E-state index in [4.69, 9.17) is 10.8 Å². The lowest BCUT2D eigenvalue weighted by atomic mass is 9.83. The summed E-state index contributed by atoms with van der Waals surface area (Å²) in [5.41, 5.74) is 3.16. The number of carboxylic acids is 2. The van der Waals surface area contributed by atoms with Gasteiger partial charge in [0, 0.05) is 6.42 Å². The van der Waals surface area contributed by atoms with E-state index in [-0.39, 0.29) is 18.8 Å². The molecule has 0 aliphatic rings. The average molecular weight is 860 g/mol. The van der Waals surface area contributed by atoms with Crippen molar-refractivity contribution in [2.24, 2.45) is 23.0 Å². The van der Waals surface area contributed by atoms with Gasteiger partial charge in [-0.25, -0.2) is 0 Å². The molecule has 0 saturated heterocycles. The zero-order valence-electron chi connectivity index (χ0n) is 36.9. The maximum absolute atomic E-state index is 14.7. The second-order valence-electron chi connectivity index (χ2n) is 17.2. The molecule has 6 atom stereocenters. The number of aryl methyl sites for hydroxylation is 1. The predicted octanol–water partition coefficient (Wildman–Crippen LogP) is 1.08. The van der Waals surface area contributed by atoms with E-state index in [1.807, 2.05) is 20.8 Å². The average Bonchev–Trinajstić information content (AvgIpc) is 3.14. The van der Waals surface area contributed by atoms with Crippen molar-refractivity contribution in [2.75, 3.05) is 0 Å². The number of carbonyl (C=O) groups excluding carboxylic acids is 8. The van der Waals surface area contributed by atoms with Gasteiger partial charge in [0.2, 0.25) is 35.3 Å². The summed E-state index contributed by atoms with van der Waals surface area (Å²) >= 11 is 0. The first kappa shape index (κ1) is 53.1. The van der Waals surface area contributed by atoms with Crippen molar-refractivity contribution in [1.29, 1.82) is 0 Å². The van der Waals surface area contributed by atoms with E-state index in [0.717, 1.165) is 0 Å². The number of ketones is 1. The lowest BCUT2D eigenvalue weighted by Gasteiger charge is -2.38. The predicted molar refractivity (Wildman–Crippen MR) is 223 cm³/mol. The first-order valence-electron chi connectivity index (χ1n) is 20.3. The Hall–Kier alpha value is -5.88. The first-order chi connectivity index (χ1) is 28.2. The van der Waals surface area contributed by atoms with Crippen molar-refractivity contribution in [2.45, 2.75) is 150 Å². The fraction of sp³-hybridized carbons (Fsp3) is 0.619. The van der Waals surface area contributed by atoms with Crippen LogP contribution in [0.2, 0.25) is 0 Å². The maximum Gasteiger partial charge on any atom is 0.305 e. The van der Waals surface area contributed by atoms with E-state index in [0.29, 0.717) is 24.0 Å². The summed E-state index contributed by atoms with van der Waals surface area (Å²) in [7, 11) is 0. The van der Waals surface area contributed by atoms with Gasteiger partial charge < -0.3 is 47.8 Å². The molecule has 1 aromatic carbocycles. The number of primary amides is 1. The van der Waals surface area contributed by atoms with Gasteiger partial charge >= 0.3 is 11.9 Å². The number of nitrogens with one attached hydrogen (secondary N) is 6. The summed E-state index contributed by atoms with van der Waals surface area (Å²) in [5.74, 6) is -10.9. The minimum Gasteiger partial charge on any atom is -0.481 e. The third-order valence-corrected chi connectivity index (χ3v) is 9.82. The van der Waals surface area contributed by atoms with Crippen LogP contribution in [0, 0.1) is 24.2 Å². The number of hydrogen-bond donors (Lipinski definition) is 9. The van der Waals surface area contributed by atoms with E-state index in [1.54, 1.807) is 65.8 Å². The number of hydrogen-bond acceptors (Lipinski definition) is 10. The van der Waals surface area contributed by atoms with Crippen LogP contribution in [-0.2, 0) is 53.5 Å². The van der Waals surface area contributed by atoms with Crippen molar-refractivity contribution in [3.05, 3.63) is 35.4 Å². The number of rotatable bonds is 25. The Morgan fingerprint density at radius 3 is 1.77 bits per heavy atom. The van der Waals surface area contributed by atoms with Gasteiger partial charge in [-0.1, -0.05) is 92.5 Å². The molecule has 7 amide bonds. The third kappa shape index (κ3) is 17.0. The number of nitrogens with two attached hydrogens (primary N) is 1. The molecular weight excluding hydrogens is 794 g/mol. The first-order valence-corrected chi connectivity index (χ1v) is 20.3. The van der Waals surface area contributed by atoms with Gasteiger partial charge in [-0.2, -0.15) is 0 Å². The van der Waals surface area contributed by atoms with E-state index < -0.39 is 125 Å². The summed E-state index contributed by atoms with van der Waals surface area (Å²) in [6.07, 6.45) is -0.567. The molecule has 0 spiro atoms. The van der Waals surface area contributed by atoms with Crippen LogP contribution in [0.15, 0.2) is 24.3 Å². The third-order valence-electron chi connectivity index (χ3n) is 9.82.